The van der Waals surface area contributed by atoms with E-state index in [1.54, 1.807) is 24.9 Å². The molecule has 0 saturated carbocycles. The Kier molecular flexibility index (Phi) is 2.76. The lowest BCUT2D eigenvalue weighted by molar-refractivity contribution is 0.132. The summed E-state index contributed by atoms with van der Waals surface area (Å²) in [6, 6.07) is 4.84. The number of aliphatic hydroxyl groups is 1. The van der Waals surface area contributed by atoms with Gasteiger partial charge in [-0.25, -0.2) is 4.39 Å². The van der Waals surface area contributed by atoms with Gasteiger partial charge in [0.25, 0.3) is 0 Å². The van der Waals surface area contributed by atoms with Gasteiger partial charge in [0.2, 0.25) is 0 Å². The predicted molar refractivity (Wildman–Crippen MR) is 54.9 cm³/mol. The zero-order chi connectivity index (χ0) is 10.1. The maximum Gasteiger partial charge on any atom is 0.130 e. The molecule has 0 spiro atoms. The van der Waals surface area contributed by atoms with Crippen molar-refractivity contribution in [2.45, 2.75) is 17.0 Å². The fraction of sp³-hybridized carbons (Fsp3) is 0.400. The molecule has 0 radical (unpaired) electrons. The third kappa shape index (κ3) is 1.54. The van der Waals surface area contributed by atoms with Crippen LogP contribution in [0.1, 0.15) is 11.7 Å². The van der Waals surface area contributed by atoms with Crippen LogP contribution in [0.5, 0.6) is 0 Å². The van der Waals surface area contributed by atoms with Crippen LogP contribution in [0.4, 0.5) is 4.39 Å². The lowest BCUT2D eigenvalue weighted by Gasteiger charge is -2.29. The first kappa shape index (κ1) is 9.96. The molecule has 1 heterocycles. The molecule has 4 heteroatoms. The highest BCUT2D eigenvalue weighted by atomic mass is 32.2. The smallest absolute Gasteiger partial charge is 0.130 e. The van der Waals surface area contributed by atoms with E-state index in [-0.39, 0.29) is 11.9 Å². The van der Waals surface area contributed by atoms with Crippen molar-refractivity contribution >= 4 is 11.8 Å². The Morgan fingerprint density at radius 3 is 3.07 bits per heavy atom. The van der Waals surface area contributed by atoms with Crippen molar-refractivity contribution in [3.05, 3.63) is 29.6 Å². The van der Waals surface area contributed by atoms with E-state index in [0.29, 0.717) is 5.56 Å². The third-order valence-corrected chi connectivity index (χ3v) is 3.67. The van der Waals surface area contributed by atoms with E-state index >= 15 is 0 Å². The van der Waals surface area contributed by atoms with Crippen molar-refractivity contribution in [3.8, 4) is 0 Å². The molecule has 2 atom stereocenters. The minimum absolute atomic E-state index is 0.0654. The maximum atomic E-state index is 13.4. The molecule has 0 aliphatic carbocycles. The molecule has 0 saturated heterocycles. The molecule has 76 valence electrons. The number of hydrogen-bond acceptors (Lipinski definition) is 3. The van der Waals surface area contributed by atoms with Gasteiger partial charge in [-0.2, -0.15) is 0 Å². The second kappa shape index (κ2) is 3.88. The highest BCUT2D eigenvalue weighted by molar-refractivity contribution is 7.99. The third-order valence-electron chi connectivity index (χ3n) is 2.48. The van der Waals surface area contributed by atoms with Crippen LogP contribution in [-0.4, -0.2) is 23.9 Å². The molecule has 14 heavy (non-hydrogen) atoms. The van der Waals surface area contributed by atoms with Crippen molar-refractivity contribution in [3.63, 3.8) is 0 Å². The average Bonchev–Trinajstić information content (AvgIpc) is 2.18. The normalized spacial score (nSPS) is 25.9. The number of hydrogen-bond donors (Lipinski definition) is 2. The summed E-state index contributed by atoms with van der Waals surface area (Å²) in [5.41, 5.74) is 0.433. The van der Waals surface area contributed by atoms with Gasteiger partial charge >= 0.3 is 0 Å². The number of rotatable bonds is 1. The number of nitrogens with one attached hydrogen (secondary N) is 1. The minimum atomic E-state index is -0.738. The molecule has 2 unspecified atom stereocenters. The molecule has 2 nitrogen and oxygen atoms in total. The van der Waals surface area contributed by atoms with E-state index in [1.165, 1.54) is 6.07 Å². The van der Waals surface area contributed by atoms with Crippen LogP contribution in [0, 0.1) is 5.82 Å². The first-order valence-corrected chi connectivity index (χ1v) is 5.49. The Bertz CT molecular complexity index is 345. The summed E-state index contributed by atoms with van der Waals surface area (Å²) in [4.78, 5) is 0.851. The Labute approximate surface area is 86.5 Å². The summed E-state index contributed by atoms with van der Waals surface area (Å²) in [5, 5.41) is 12.9. The molecular formula is C10H12FNOS. The van der Waals surface area contributed by atoms with Gasteiger partial charge in [-0.1, -0.05) is 6.07 Å². The zero-order valence-corrected chi connectivity index (χ0v) is 8.64. The Morgan fingerprint density at radius 1 is 1.57 bits per heavy atom. The first-order chi connectivity index (χ1) is 6.74. The van der Waals surface area contributed by atoms with E-state index in [0.717, 1.165) is 10.6 Å². The van der Waals surface area contributed by atoms with Crippen LogP contribution in [-0.2, 0) is 0 Å². The van der Waals surface area contributed by atoms with Crippen LogP contribution in [0.15, 0.2) is 23.1 Å². The van der Waals surface area contributed by atoms with Gasteiger partial charge in [-0.3, -0.25) is 0 Å². The van der Waals surface area contributed by atoms with E-state index in [1.807, 2.05) is 6.07 Å². The number of aliphatic hydroxyl groups excluding tert-OH is 1. The lowest BCUT2D eigenvalue weighted by Crippen LogP contribution is -2.37. The molecule has 1 aromatic carbocycles. The van der Waals surface area contributed by atoms with Crippen molar-refractivity contribution < 1.29 is 9.50 Å². The zero-order valence-electron chi connectivity index (χ0n) is 7.83. The topological polar surface area (TPSA) is 32.3 Å². The predicted octanol–water partition coefficient (Wildman–Crippen LogP) is 1.55. The van der Waals surface area contributed by atoms with E-state index < -0.39 is 6.10 Å². The molecular weight excluding hydrogens is 201 g/mol. The fourth-order valence-electron chi connectivity index (χ4n) is 1.64. The largest absolute Gasteiger partial charge is 0.387 e. The van der Waals surface area contributed by atoms with Gasteiger partial charge in [0.1, 0.15) is 5.82 Å². The van der Waals surface area contributed by atoms with E-state index in [2.05, 4.69) is 5.32 Å². The van der Waals surface area contributed by atoms with Gasteiger partial charge in [0, 0.05) is 22.3 Å². The molecule has 2 rings (SSSR count). The molecule has 1 aliphatic heterocycles. The number of thioether (sulfide) groups is 1. The van der Waals surface area contributed by atoms with Gasteiger partial charge in [-0.15, -0.1) is 11.8 Å². The summed E-state index contributed by atoms with van der Waals surface area (Å²) >= 11 is 1.58. The lowest BCUT2D eigenvalue weighted by atomic mass is 10.0. The maximum absolute atomic E-state index is 13.4. The summed E-state index contributed by atoms with van der Waals surface area (Å²) in [6.07, 6.45) is -0.738. The number of halogens is 1. The molecule has 0 aromatic heterocycles. The molecule has 0 bridgehead atoms. The quantitative estimate of drug-likeness (QED) is 0.742. The Balaban J connectivity index is 2.43. The van der Waals surface area contributed by atoms with E-state index in [9.17, 15) is 9.50 Å². The molecule has 1 aliphatic rings. The summed E-state index contributed by atoms with van der Waals surface area (Å²) in [5.74, 6) is 0.455. The van der Waals surface area contributed by atoms with Gasteiger partial charge in [0.05, 0.1) is 6.10 Å². The molecule has 2 N–H and O–H groups in total. The summed E-state index contributed by atoms with van der Waals surface area (Å²) in [6.45, 7) is 0. The molecule has 0 fully saturated rings. The van der Waals surface area contributed by atoms with Gasteiger partial charge in [-0.05, 0) is 19.2 Å². The highest BCUT2D eigenvalue weighted by Gasteiger charge is 2.29. The van der Waals surface area contributed by atoms with E-state index in [4.69, 9.17) is 0 Å². The Hall–Kier alpha value is -0.580. The van der Waals surface area contributed by atoms with Crippen LogP contribution in [0.3, 0.4) is 0 Å². The SMILES string of the molecule is CNC1CSc2cccc(F)c2C1O. The first-order valence-electron chi connectivity index (χ1n) is 4.50. The second-order valence-corrected chi connectivity index (χ2v) is 4.36. The van der Waals surface area contributed by atoms with Crippen LogP contribution >= 0.6 is 11.8 Å². The monoisotopic (exact) mass is 213 g/mol. The van der Waals surface area contributed by atoms with Gasteiger partial charge in [0.15, 0.2) is 0 Å². The second-order valence-electron chi connectivity index (χ2n) is 3.30. The number of likely N-dealkylation sites (N-methyl/N-ethyl adjacent to an activating group) is 1. The molecule has 0 amide bonds. The van der Waals surface area contributed by atoms with Crippen LogP contribution in [0.2, 0.25) is 0 Å². The van der Waals surface area contributed by atoms with Crippen molar-refractivity contribution in [2.75, 3.05) is 12.8 Å². The number of benzene rings is 1. The van der Waals surface area contributed by atoms with Crippen molar-refractivity contribution in [2.24, 2.45) is 0 Å². The average molecular weight is 213 g/mol. The van der Waals surface area contributed by atoms with Crippen molar-refractivity contribution in [1.82, 2.24) is 5.32 Å². The summed E-state index contributed by atoms with van der Waals surface area (Å²) < 4.78 is 13.4. The standard InChI is InChI=1S/C10H12FNOS/c1-12-7-5-14-8-4-2-3-6(11)9(8)10(7)13/h2-4,7,10,12-13H,5H2,1H3. The van der Waals surface area contributed by atoms with Gasteiger partial charge < -0.3 is 10.4 Å². The van der Waals surface area contributed by atoms with Crippen LogP contribution in [0.25, 0.3) is 0 Å². The number of fused-ring (bicyclic) bond motifs is 1. The van der Waals surface area contributed by atoms with Crippen molar-refractivity contribution in [1.29, 1.82) is 0 Å². The highest BCUT2D eigenvalue weighted by Crippen LogP contribution is 2.37. The molecule has 1 aromatic rings. The summed E-state index contributed by atoms with van der Waals surface area (Å²) in [7, 11) is 1.78. The fourth-order valence-corrected chi connectivity index (χ4v) is 2.90. The van der Waals surface area contributed by atoms with Crippen LogP contribution < -0.4 is 5.32 Å². The minimum Gasteiger partial charge on any atom is -0.387 e. The Morgan fingerprint density at radius 2 is 2.36 bits per heavy atom.